The van der Waals surface area contributed by atoms with Crippen LogP contribution in [0.25, 0.3) is 0 Å². The lowest BCUT2D eigenvalue weighted by Crippen LogP contribution is -2.55. The van der Waals surface area contributed by atoms with Gasteiger partial charge in [-0.2, -0.15) is 0 Å². The molecule has 1 N–H and O–H groups in total. The summed E-state index contributed by atoms with van der Waals surface area (Å²) in [5, 5.41) is 3.57. The molecule has 0 spiro atoms. The van der Waals surface area contributed by atoms with E-state index in [1.807, 2.05) is 42.2 Å². The number of hydrogen-bond donors (Lipinski definition) is 1. The highest BCUT2D eigenvalue weighted by atomic mass is 16.5. The fourth-order valence-corrected chi connectivity index (χ4v) is 5.93. The SMILES string of the molecule is CCOC(=O)C1CC2CCC1(NCC(=O)N(c1ccccc1)C1CCCCC1)C2. The first-order chi connectivity index (χ1) is 14.1. The third-order valence-electron chi connectivity index (χ3n) is 7.29. The minimum Gasteiger partial charge on any atom is -0.466 e. The molecule has 1 amide bonds. The Bertz CT molecular complexity index is 716. The van der Waals surface area contributed by atoms with Crippen molar-refractivity contribution in [2.45, 2.75) is 76.3 Å². The van der Waals surface area contributed by atoms with Crippen LogP contribution in [0.1, 0.15) is 64.7 Å². The van der Waals surface area contributed by atoms with Crippen LogP contribution in [-0.2, 0) is 14.3 Å². The Kier molecular flexibility index (Phi) is 6.23. The van der Waals surface area contributed by atoms with E-state index in [2.05, 4.69) is 5.32 Å². The normalized spacial score (nSPS) is 29.0. The maximum atomic E-state index is 13.4. The molecule has 3 aliphatic rings. The van der Waals surface area contributed by atoms with Crippen molar-refractivity contribution in [1.29, 1.82) is 0 Å². The van der Waals surface area contributed by atoms with E-state index < -0.39 is 0 Å². The molecule has 3 unspecified atom stereocenters. The number of carbonyl (C=O) groups is 2. The van der Waals surface area contributed by atoms with E-state index in [1.54, 1.807) is 0 Å². The fraction of sp³-hybridized carbons (Fsp3) is 0.667. The molecule has 158 valence electrons. The molecule has 0 saturated heterocycles. The number of esters is 1. The largest absolute Gasteiger partial charge is 0.466 e. The highest BCUT2D eigenvalue weighted by Crippen LogP contribution is 2.51. The molecule has 4 rings (SSSR count). The van der Waals surface area contributed by atoms with Gasteiger partial charge in [-0.3, -0.25) is 9.59 Å². The van der Waals surface area contributed by atoms with E-state index in [0.717, 1.165) is 44.2 Å². The van der Waals surface area contributed by atoms with Crippen LogP contribution < -0.4 is 10.2 Å². The Morgan fingerprint density at radius 3 is 2.59 bits per heavy atom. The van der Waals surface area contributed by atoms with Crippen molar-refractivity contribution in [3.63, 3.8) is 0 Å². The Morgan fingerprint density at radius 1 is 1.14 bits per heavy atom. The maximum Gasteiger partial charge on any atom is 0.310 e. The summed E-state index contributed by atoms with van der Waals surface area (Å²) in [4.78, 5) is 28.0. The first-order valence-corrected chi connectivity index (χ1v) is 11.4. The summed E-state index contributed by atoms with van der Waals surface area (Å²) in [5.74, 6) is 0.488. The molecule has 1 aromatic rings. The monoisotopic (exact) mass is 398 g/mol. The van der Waals surface area contributed by atoms with Crippen LogP contribution in [0.15, 0.2) is 30.3 Å². The van der Waals surface area contributed by atoms with Crippen LogP contribution in [0.4, 0.5) is 5.69 Å². The second kappa shape index (κ2) is 8.86. The number of benzene rings is 1. The Morgan fingerprint density at radius 2 is 1.90 bits per heavy atom. The van der Waals surface area contributed by atoms with Gasteiger partial charge in [0.05, 0.1) is 19.1 Å². The van der Waals surface area contributed by atoms with E-state index >= 15 is 0 Å². The summed E-state index contributed by atoms with van der Waals surface area (Å²) in [6, 6.07) is 10.3. The number of ether oxygens (including phenoxy) is 1. The van der Waals surface area contributed by atoms with Gasteiger partial charge in [0.1, 0.15) is 0 Å². The number of carbonyl (C=O) groups excluding carboxylic acids is 2. The van der Waals surface area contributed by atoms with E-state index in [4.69, 9.17) is 4.74 Å². The van der Waals surface area contributed by atoms with Crippen molar-refractivity contribution in [2.75, 3.05) is 18.1 Å². The molecule has 0 aromatic heterocycles. The summed E-state index contributed by atoms with van der Waals surface area (Å²) in [6.07, 6.45) is 9.75. The van der Waals surface area contributed by atoms with Crippen molar-refractivity contribution in [3.05, 3.63) is 30.3 Å². The lowest BCUT2D eigenvalue weighted by atomic mass is 9.82. The zero-order valence-corrected chi connectivity index (χ0v) is 17.6. The molecule has 1 aromatic carbocycles. The number of fused-ring (bicyclic) bond motifs is 2. The Labute approximate surface area is 174 Å². The number of nitrogens with zero attached hydrogens (tertiary/aromatic N) is 1. The Hall–Kier alpha value is -1.88. The van der Waals surface area contributed by atoms with Crippen LogP contribution in [0.5, 0.6) is 0 Å². The predicted octanol–water partition coefficient (Wildman–Crippen LogP) is 4.06. The van der Waals surface area contributed by atoms with E-state index in [0.29, 0.717) is 12.5 Å². The molecule has 3 atom stereocenters. The van der Waals surface area contributed by atoms with E-state index in [9.17, 15) is 9.59 Å². The van der Waals surface area contributed by atoms with Crippen molar-refractivity contribution < 1.29 is 14.3 Å². The summed E-state index contributed by atoms with van der Waals surface area (Å²) in [6.45, 7) is 2.56. The maximum absolute atomic E-state index is 13.4. The van der Waals surface area contributed by atoms with Crippen LogP contribution in [0.2, 0.25) is 0 Å². The molecule has 3 saturated carbocycles. The van der Waals surface area contributed by atoms with Gasteiger partial charge < -0.3 is 15.0 Å². The zero-order valence-electron chi connectivity index (χ0n) is 17.6. The van der Waals surface area contributed by atoms with Gasteiger partial charge in [-0.05, 0) is 63.5 Å². The van der Waals surface area contributed by atoms with Gasteiger partial charge in [0, 0.05) is 17.3 Å². The molecular weight excluding hydrogens is 364 g/mol. The lowest BCUT2D eigenvalue weighted by Gasteiger charge is -2.38. The zero-order chi connectivity index (χ0) is 20.3. The number of nitrogens with one attached hydrogen (secondary N) is 1. The van der Waals surface area contributed by atoms with Gasteiger partial charge in [-0.15, -0.1) is 0 Å². The quantitative estimate of drug-likeness (QED) is 0.704. The van der Waals surface area contributed by atoms with Crippen LogP contribution in [0, 0.1) is 11.8 Å². The van der Waals surface area contributed by atoms with Gasteiger partial charge >= 0.3 is 5.97 Å². The first kappa shape index (κ1) is 20.4. The molecule has 29 heavy (non-hydrogen) atoms. The molecular formula is C24H34N2O3. The summed E-state index contributed by atoms with van der Waals surface area (Å²) >= 11 is 0. The molecule has 0 aliphatic heterocycles. The highest BCUT2D eigenvalue weighted by Gasteiger charge is 2.55. The number of para-hydroxylation sites is 1. The molecule has 5 nitrogen and oxygen atoms in total. The summed E-state index contributed by atoms with van der Waals surface area (Å²) < 4.78 is 5.35. The number of anilines is 1. The molecule has 2 bridgehead atoms. The molecule has 3 aliphatic carbocycles. The second-order valence-electron chi connectivity index (χ2n) is 9.05. The van der Waals surface area contributed by atoms with E-state index in [1.165, 1.54) is 19.3 Å². The lowest BCUT2D eigenvalue weighted by molar-refractivity contribution is -0.151. The van der Waals surface area contributed by atoms with Crippen LogP contribution in [-0.4, -0.2) is 36.6 Å². The van der Waals surface area contributed by atoms with Crippen LogP contribution in [0.3, 0.4) is 0 Å². The van der Waals surface area contributed by atoms with Gasteiger partial charge in [-0.1, -0.05) is 37.5 Å². The topological polar surface area (TPSA) is 58.6 Å². The predicted molar refractivity (Wildman–Crippen MR) is 114 cm³/mol. The Balaban J connectivity index is 1.48. The van der Waals surface area contributed by atoms with Gasteiger partial charge in [0.25, 0.3) is 0 Å². The standard InChI is InChI=1S/C24H34N2O3/c1-2-29-23(28)21-15-18-13-14-24(21,16-18)25-17-22(27)26(19-9-5-3-6-10-19)20-11-7-4-8-12-20/h3,5-6,9-10,18,20-21,25H,2,4,7-8,11-17H2,1H3. The van der Waals surface area contributed by atoms with Crippen molar-refractivity contribution >= 4 is 17.6 Å². The minimum absolute atomic E-state index is 0.0955. The third-order valence-corrected chi connectivity index (χ3v) is 7.29. The highest BCUT2D eigenvalue weighted by molar-refractivity contribution is 5.95. The van der Waals surface area contributed by atoms with Gasteiger partial charge in [0.15, 0.2) is 0 Å². The molecule has 0 heterocycles. The van der Waals surface area contributed by atoms with Crippen molar-refractivity contribution in [3.8, 4) is 0 Å². The third kappa shape index (κ3) is 4.20. The molecule has 3 fully saturated rings. The van der Waals surface area contributed by atoms with Gasteiger partial charge in [-0.25, -0.2) is 0 Å². The number of rotatable bonds is 7. The van der Waals surface area contributed by atoms with Crippen molar-refractivity contribution in [1.82, 2.24) is 5.32 Å². The van der Waals surface area contributed by atoms with Gasteiger partial charge in [0.2, 0.25) is 5.91 Å². The molecule has 5 heteroatoms. The summed E-state index contributed by atoms with van der Waals surface area (Å²) in [7, 11) is 0. The minimum atomic E-state index is -0.262. The molecule has 0 radical (unpaired) electrons. The first-order valence-electron chi connectivity index (χ1n) is 11.4. The van der Waals surface area contributed by atoms with E-state index in [-0.39, 0.29) is 35.9 Å². The average Bonchev–Trinajstić information content (AvgIpc) is 3.33. The smallest absolute Gasteiger partial charge is 0.310 e. The number of hydrogen-bond acceptors (Lipinski definition) is 4. The van der Waals surface area contributed by atoms with Crippen molar-refractivity contribution in [2.24, 2.45) is 11.8 Å². The second-order valence-corrected chi connectivity index (χ2v) is 9.05. The van der Waals surface area contributed by atoms with Crippen LogP contribution >= 0.6 is 0 Å². The number of amides is 1. The fourth-order valence-electron chi connectivity index (χ4n) is 5.93. The summed E-state index contributed by atoms with van der Waals surface area (Å²) in [5.41, 5.74) is 0.725. The average molecular weight is 399 g/mol.